The van der Waals surface area contributed by atoms with E-state index in [9.17, 15) is 14.9 Å². The van der Waals surface area contributed by atoms with Gasteiger partial charge in [-0.15, -0.1) is 0 Å². The van der Waals surface area contributed by atoms with Gasteiger partial charge >= 0.3 is 0 Å². The van der Waals surface area contributed by atoms with E-state index < -0.39 is 4.92 Å². The molecule has 0 bridgehead atoms. The van der Waals surface area contributed by atoms with Gasteiger partial charge < -0.3 is 4.57 Å². The Labute approximate surface area is 136 Å². The third-order valence-corrected chi connectivity index (χ3v) is 3.85. The first kappa shape index (κ1) is 15.2. The molecule has 0 N–H and O–H groups in total. The molecule has 0 aliphatic carbocycles. The second-order valence-corrected chi connectivity index (χ2v) is 5.60. The van der Waals surface area contributed by atoms with Crippen molar-refractivity contribution in [2.75, 3.05) is 0 Å². The third kappa shape index (κ3) is 3.07. The highest BCUT2D eigenvalue weighted by Crippen LogP contribution is 2.22. The lowest BCUT2D eigenvalue weighted by atomic mass is 10.1. The lowest BCUT2D eigenvalue weighted by Gasteiger charge is -2.09. The molecular weight excluding hydrogens is 318 g/mol. The molecule has 0 saturated carbocycles. The maximum atomic E-state index is 11.9. The van der Waals surface area contributed by atoms with Crippen molar-refractivity contribution in [1.29, 1.82) is 0 Å². The van der Waals surface area contributed by atoms with Gasteiger partial charge in [0.25, 0.3) is 11.2 Å². The van der Waals surface area contributed by atoms with Crippen LogP contribution in [-0.2, 0) is 6.54 Å². The SMILES string of the molecule is Cc1ccc2cc(Cn3cc([N+](=O)[O-])ccc3=O)c(Cl)nc2c1. The van der Waals surface area contributed by atoms with Gasteiger partial charge in [-0.2, -0.15) is 0 Å². The second-order valence-electron chi connectivity index (χ2n) is 5.25. The van der Waals surface area contributed by atoms with Crippen LogP contribution in [0.3, 0.4) is 0 Å². The summed E-state index contributed by atoms with van der Waals surface area (Å²) < 4.78 is 1.25. The van der Waals surface area contributed by atoms with Crippen LogP contribution in [0, 0.1) is 17.0 Å². The lowest BCUT2D eigenvalue weighted by molar-refractivity contribution is -0.385. The standard InChI is InChI=1S/C16H12ClN3O3/c1-10-2-3-11-7-12(16(17)18-14(11)6-10)8-19-9-13(20(22)23)4-5-15(19)21/h2-7,9H,8H2,1H3. The van der Waals surface area contributed by atoms with Gasteiger partial charge in [-0.05, 0) is 24.6 Å². The van der Waals surface area contributed by atoms with Crippen molar-refractivity contribution in [3.05, 3.63) is 79.3 Å². The zero-order valence-corrected chi connectivity index (χ0v) is 12.9. The number of hydrogen-bond donors (Lipinski definition) is 0. The maximum absolute atomic E-state index is 11.9. The highest BCUT2D eigenvalue weighted by atomic mass is 35.5. The van der Waals surface area contributed by atoms with Gasteiger partial charge in [0.1, 0.15) is 5.15 Å². The molecule has 0 atom stereocenters. The summed E-state index contributed by atoms with van der Waals surface area (Å²) in [6.07, 6.45) is 1.21. The van der Waals surface area contributed by atoms with E-state index in [1.54, 1.807) is 0 Å². The van der Waals surface area contributed by atoms with Gasteiger partial charge in [-0.1, -0.05) is 23.7 Å². The minimum atomic E-state index is -0.543. The normalized spacial score (nSPS) is 10.9. The highest BCUT2D eigenvalue weighted by molar-refractivity contribution is 6.30. The lowest BCUT2D eigenvalue weighted by Crippen LogP contribution is -2.19. The number of halogens is 1. The summed E-state index contributed by atoms with van der Waals surface area (Å²) in [6.45, 7) is 2.09. The Morgan fingerprint density at radius 2 is 2.04 bits per heavy atom. The number of aryl methyl sites for hydroxylation is 1. The van der Waals surface area contributed by atoms with Crippen molar-refractivity contribution in [3.8, 4) is 0 Å². The fourth-order valence-electron chi connectivity index (χ4n) is 2.34. The zero-order chi connectivity index (χ0) is 16.6. The van der Waals surface area contributed by atoms with E-state index in [0.29, 0.717) is 5.56 Å². The number of benzene rings is 1. The summed E-state index contributed by atoms with van der Waals surface area (Å²) in [5.41, 5.74) is 1.99. The Morgan fingerprint density at radius 3 is 2.78 bits per heavy atom. The number of aromatic nitrogens is 2. The molecule has 3 aromatic rings. The summed E-state index contributed by atoms with van der Waals surface area (Å²) in [5, 5.41) is 12.0. The zero-order valence-electron chi connectivity index (χ0n) is 12.2. The minimum absolute atomic E-state index is 0.121. The topological polar surface area (TPSA) is 78.0 Å². The van der Waals surface area contributed by atoms with Crippen LogP contribution in [0.25, 0.3) is 10.9 Å². The molecule has 2 heterocycles. The van der Waals surface area contributed by atoms with Crippen LogP contribution in [0.2, 0.25) is 5.15 Å². The minimum Gasteiger partial charge on any atom is -0.304 e. The molecule has 1 aromatic carbocycles. The van der Waals surface area contributed by atoms with E-state index in [1.807, 2.05) is 31.2 Å². The van der Waals surface area contributed by atoms with Gasteiger partial charge in [0.15, 0.2) is 0 Å². The number of hydrogen-bond acceptors (Lipinski definition) is 4. The van der Waals surface area contributed by atoms with E-state index in [4.69, 9.17) is 11.6 Å². The van der Waals surface area contributed by atoms with E-state index in [2.05, 4.69) is 4.98 Å². The number of pyridine rings is 2. The molecular formula is C16H12ClN3O3. The maximum Gasteiger partial charge on any atom is 0.285 e. The fourth-order valence-corrected chi connectivity index (χ4v) is 2.55. The van der Waals surface area contributed by atoms with Crippen LogP contribution in [0.5, 0.6) is 0 Å². The second kappa shape index (κ2) is 5.81. The van der Waals surface area contributed by atoms with E-state index in [-0.39, 0.29) is 22.9 Å². The third-order valence-electron chi connectivity index (χ3n) is 3.52. The number of rotatable bonds is 3. The molecule has 23 heavy (non-hydrogen) atoms. The van der Waals surface area contributed by atoms with Crippen LogP contribution in [0.15, 0.2) is 47.4 Å². The molecule has 3 rings (SSSR count). The molecule has 0 amide bonds. The van der Waals surface area contributed by atoms with Crippen LogP contribution < -0.4 is 5.56 Å². The van der Waals surface area contributed by atoms with Crippen molar-refractivity contribution >= 4 is 28.2 Å². The smallest absolute Gasteiger partial charge is 0.285 e. The first-order valence-corrected chi connectivity index (χ1v) is 7.22. The molecule has 0 aliphatic rings. The Hall–Kier alpha value is -2.73. The molecule has 7 heteroatoms. The molecule has 0 unspecified atom stereocenters. The number of nitro groups is 1. The predicted octanol–water partition coefficient (Wildman–Crippen LogP) is 3.31. The van der Waals surface area contributed by atoms with Gasteiger partial charge in [0.05, 0.1) is 23.2 Å². The first-order chi connectivity index (χ1) is 10.9. The summed E-state index contributed by atoms with van der Waals surface area (Å²) in [5.74, 6) is 0. The van der Waals surface area contributed by atoms with Crippen molar-refractivity contribution in [3.63, 3.8) is 0 Å². The quantitative estimate of drug-likeness (QED) is 0.419. The largest absolute Gasteiger partial charge is 0.304 e. The fraction of sp³-hybridized carbons (Fsp3) is 0.125. The van der Waals surface area contributed by atoms with Crippen LogP contribution in [0.4, 0.5) is 5.69 Å². The van der Waals surface area contributed by atoms with Crippen molar-refractivity contribution in [2.45, 2.75) is 13.5 Å². The molecule has 116 valence electrons. The van der Waals surface area contributed by atoms with Crippen LogP contribution in [0.1, 0.15) is 11.1 Å². The average Bonchev–Trinajstić information content (AvgIpc) is 2.50. The summed E-state index contributed by atoms with van der Waals surface area (Å²) in [4.78, 5) is 26.5. The van der Waals surface area contributed by atoms with Gasteiger partial charge in [-0.25, -0.2) is 4.98 Å². The molecule has 0 fully saturated rings. The predicted molar refractivity (Wildman–Crippen MR) is 87.9 cm³/mol. The molecule has 0 aliphatic heterocycles. The monoisotopic (exact) mass is 329 g/mol. The molecule has 0 saturated heterocycles. The Morgan fingerprint density at radius 1 is 1.26 bits per heavy atom. The van der Waals surface area contributed by atoms with Gasteiger partial charge in [-0.3, -0.25) is 14.9 Å². The molecule has 0 spiro atoms. The summed E-state index contributed by atoms with van der Waals surface area (Å²) in [7, 11) is 0. The Balaban J connectivity index is 2.06. The Kier molecular flexibility index (Phi) is 3.83. The molecule has 0 radical (unpaired) electrons. The van der Waals surface area contributed by atoms with Crippen molar-refractivity contribution in [1.82, 2.24) is 9.55 Å². The van der Waals surface area contributed by atoms with Gasteiger partial charge in [0.2, 0.25) is 0 Å². The summed E-state index contributed by atoms with van der Waals surface area (Å²) >= 11 is 6.20. The summed E-state index contributed by atoms with van der Waals surface area (Å²) in [6, 6.07) is 10.0. The van der Waals surface area contributed by atoms with Gasteiger partial charge in [0, 0.05) is 23.1 Å². The van der Waals surface area contributed by atoms with Crippen molar-refractivity contribution < 1.29 is 4.92 Å². The van der Waals surface area contributed by atoms with Crippen LogP contribution >= 0.6 is 11.6 Å². The van der Waals surface area contributed by atoms with E-state index in [1.165, 1.54) is 22.9 Å². The van der Waals surface area contributed by atoms with E-state index in [0.717, 1.165) is 16.5 Å². The molecule has 2 aromatic heterocycles. The van der Waals surface area contributed by atoms with Crippen LogP contribution in [-0.4, -0.2) is 14.5 Å². The van der Waals surface area contributed by atoms with Crippen molar-refractivity contribution in [2.24, 2.45) is 0 Å². The number of nitrogens with zero attached hydrogens (tertiary/aromatic N) is 3. The number of fused-ring (bicyclic) bond motifs is 1. The van der Waals surface area contributed by atoms with E-state index >= 15 is 0 Å². The first-order valence-electron chi connectivity index (χ1n) is 6.85. The average molecular weight is 330 g/mol. The Bertz CT molecular complexity index is 982. The molecule has 6 nitrogen and oxygen atoms in total. The highest BCUT2D eigenvalue weighted by Gasteiger charge is 2.11.